The third-order valence-electron chi connectivity index (χ3n) is 3.78. The molecule has 7 nitrogen and oxygen atoms in total. The highest BCUT2D eigenvalue weighted by atomic mass is 32.2. The molecule has 122 valence electrons. The van der Waals surface area contributed by atoms with Crippen molar-refractivity contribution in [2.75, 3.05) is 25.4 Å². The minimum Gasteiger partial charge on any atom is -0.495 e. The van der Waals surface area contributed by atoms with Crippen LogP contribution >= 0.6 is 0 Å². The molecule has 0 radical (unpaired) electrons. The first-order chi connectivity index (χ1) is 10.9. The molecule has 0 unspecified atom stereocenters. The van der Waals surface area contributed by atoms with Crippen LogP contribution in [0.25, 0.3) is 0 Å². The van der Waals surface area contributed by atoms with Crippen molar-refractivity contribution in [2.45, 2.75) is 11.4 Å². The predicted octanol–water partition coefficient (Wildman–Crippen LogP) is 1.38. The monoisotopic (exact) mass is 335 g/mol. The summed E-state index contributed by atoms with van der Waals surface area (Å²) in [6, 6.07) is 8.15. The van der Waals surface area contributed by atoms with E-state index >= 15 is 0 Å². The molecule has 23 heavy (non-hydrogen) atoms. The molecule has 0 spiro atoms. The minimum absolute atomic E-state index is 0.0575. The summed E-state index contributed by atoms with van der Waals surface area (Å²) in [6.07, 6.45) is 1.48. The van der Waals surface area contributed by atoms with Gasteiger partial charge in [0, 0.05) is 26.3 Å². The molecule has 0 bridgehead atoms. The molecular weight excluding hydrogens is 318 g/mol. The SMILES string of the molecule is COc1ccccc1NS(=O)(=O)c1cc2n(c1)CCN(C)C2=O. The fraction of sp³-hybridized carbons (Fsp3) is 0.267. The van der Waals surface area contributed by atoms with Gasteiger partial charge in [-0.3, -0.25) is 9.52 Å². The number of hydrogen-bond donors (Lipinski definition) is 1. The van der Waals surface area contributed by atoms with Crippen LogP contribution in [-0.4, -0.2) is 44.5 Å². The molecule has 1 N–H and O–H groups in total. The number of aromatic nitrogens is 1. The number of para-hydroxylation sites is 2. The van der Waals surface area contributed by atoms with Gasteiger partial charge in [0.05, 0.1) is 12.8 Å². The van der Waals surface area contributed by atoms with Gasteiger partial charge in [0.15, 0.2) is 0 Å². The van der Waals surface area contributed by atoms with Crippen molar-refractivity contribution >= 4 is 21.6 Å². The summed E-state index contributed by atoms with van der Waals surface area (Å²) >= 11 is 0. The molecule has 0 aliphatic carbocycles. The maximum atomic E-state index is 12.6. The Kier molecular flexibility index (Phi) is 3.77. The van der Waals surface area contributed by atoms with Crippen molar-refractivity contribution < 1.29 is 17.9 Å². The maximum Gasteiger partial charge on any atom is 0.270 e. The van der Waals surface area contributed by atoms with Gasteiger partial charge in [-0.15, -0.1) is 0 Å². The van der Waals surface area contributed by atoms with E-state index in [9.17, 15) is 13.2 Å². The number of carbonyl (C=O) groups excluding carboxylic acids is 1. The number of likely N-dealkylation sites (N-methyl/N-ethyl adjacent to an activating group) is 1. The molecule has 2 heterocycles. The largest absolute Gasteiger partial charge is 0.495 e. The van der Waals surface area contributed by atoms with E-state index < -0.39 is 10.0 Å². The summed E-state index contributed by atoms with van der Waals surface area (Å²) in [5.74, 6) is 0.242. The molecule has 1 aliphatic heterocycles. The van der Waals surface area contributed by atoms with Crippen LogP contribution in [0.1, 0.15) is 10.5 Å². The molecule has 1 aromatic carbocycles. The van der Waals surface area contributed by atoms with Crippen molar-refractivity contribution in [2.24, 2.45) is 0 Å². The molecule has 0 atom stereocenters. The Hall–Kier alpha value is -2.48. The fourth-order valence-electron chi connectivity index (χ4n) is 2.48. The molecule has 8 heteroatoms. The Morgan fingerprint density at radius 1 is 1.22 bits per heavy atom. The summed E-state index contributed by atoms with van der Waals surface area (Å²) in [4.78, 5) is 13.7. The number of rotatable bonds is 4. The highest BCUT2D eigenvalue weighted by Crippen LogP contribution is 2.27. The van der Waals surface area contributed by atoms with Gasteiger partial charge in [-0.2, -0.15) is 0 Å². The van der Waals surface area contributed by atoms with E-state index in [2.05, 4.69) is 4.72 Å². The van der Waals surface area contributed by atoms with Crippen molar-refractivity contribution in [1.82, 2.24) is 9.47 Å². The van der Waals surface area contributed by atoms with Gasteiger partial charge >= 0.3 is 0 Å². The van der Waals surface area contributed by atoms with E-state index in [4.69, 9.17) is 4.74 Å². The molecule has 0 fully saturated rings. The van der Waals surface area contributed by atoms with E-state index in [1.54, 1.807) is 40.8 Å². The fourth-order valence-corrected chi connectivity index (χ4v) is 3.59. The van der Waals surface area contributed by atoms with Crippen LogP contribution < -0.4 is 9.46 Å². The van der Waals surface area contributed by atoms with Gasteiger partial charge in [-0.05, 0) is 18.2 Å². The van der Waals surface area contributed by atoms with Gasteiger partial charge < -0.3 is 14.2 Å². The number of nitrogens with one attached hydrogen (secondary N) is 1. The van der Waals surface area contributed by atoms with E-state index in [1.165, 1.54) is 19.4 Å². The standard InChI is InChI=1S/C15H17N3O4S/c1-17-7-8-18-10-11(9-13(18)15(17)19)23(20,21)16-12-5-3-4-6-14(12)22-2/h3-6,9-10,16H,7-8H2,1-2H3. The molecular formula is C15H17N3O4S. The number of amides is 1. The van der Waals surface area contributed by atoms with Crippen molar-refractivity contribution in [3.63, 3.8) is 0 Å². The highest BCUT2D eigenvalue weighted by molar-refractivity contribution is 7.92. The number of ether oxygens (including phenoxy) is 1. The van der Waals surface area contributed by atoms with Crippen LogP contribution in [0.15, 0.2) is 41.4 Å². The smallest absolute Gasteiger partial charge is 0.270 e. The number of hydrogen-bond acceptors (Lipinski definition) is 4. The number of methoxy groups -OCH3 is 1. The Bertz CT molecular complexity index is 857. The lowest BCUT2D eigenvalue weighted by atomic mass is 10.3. The zero-order valence-corrected chi connectivity index (χ0v) is 13.6. The Morgan fingerprint density at radius 2 is 1.96 bits per heavy atom. The average Bonchev–Trinajstić information content (AvgIpc) is 2.97. The van der Waals surface area contributed by atoms with Crippen LogP contribution in [-0.2, 0) is 16.6 Å². The Balaban J connectivity index is 1.95. The number of benzene rings is 1. The van der Waals surface area contributed by atoms with E-state index in [1.807, 2.05) is 0 Å². The summed E-state index contributed by atoms with van der Waals surface area (Å²) in [5.41, 5.74) is 0.724. The number of carbonyl (C=O) groups is 1. The molecule has 2 aromatic rings. The first-order valence-corrected chi connectivity index (χ1v) is 8.52. The quantitative estimate of drug-likeness (QED) is 0.915. The molecule has 1 amide bonds. The maximum absolute atomic E-state index is 12.6. The second kappa shape index (κ2) is 5.62. The normalized spacial score (nSPS) is 14.5. The minimum atomic E-state index is -3.80. The first-order valence-electron chi connectivity index (χ1n) is 7.04. The molecule has 1 aromatic heterocycles. The third kappa shape index (κ3) is 2.77. The van der Waals surface area contributed by atoms with Crippen molar-refractivity contribution in [3.8, 4) is 5.75 Å². The Morgan fingerprint density at radius 3 is 2.70 bits per heavy atom. The second-order valence-electron chi connectivity index (χ2n) is 5.29. The lowest BCUT2D eigenvalue weighted by Gasteiger charge is -2.23. The molecule has 0 saturated carbocycles. The summed E-state index contributed by atoms with van der Waals surface area (Å²) in [6.45, 7) is 1.13. The zero-order valence-electron chi connectivity index (χ0n) is 12.8. The van der Waals surface area contributed by atoms with Crippen molar-refractivity contribution in [1.29, 1.82) is 0 Å². The van der Waals surface area contributed by atoms with Crippen LogP contribution in [0.2, 0.25) is 0 Å². The van der Waals surface area contributed by atoms with Gasteiger partial charge in [0.2, 0.25) is 0 Å². The summed E-state index contributed by atoms with van der Waals surface area (Å²) < 4.78 is 34.5. The molecule has 0 saturated heterocycles. The average molecular weight is 335 g/mol. The predicted molar refractivity (Wildman–Crippen MR) is 85.2 cm³/mol. The van der Waals surface area contributed by atoms with E-state index in [0.717, 1.165) is 0 Å². The lowest BCUT2D eigenvalue weighted by Crippen LogP contribution is -2.36. The molecule has 3 rings (SSSR count). The van der Waals surface area contributed by atoms with Crippen LogP contribution in [0.4, 0.5) is 5.69 Å². The number of fused-ring (bicyclic) bond motifs is 1. The number of nitrogens with zero attached hydrogens (tertiary/aromatic N) is 2. The van der Waals surface area contributed by atoms with E-state index in [-0.39, 0.29) is 10.8 Å². The topological polar surface area (TPSA) is 80.6 Å². The third-order valence-corrected chi connectivity index (χ3v) is 5.11. The Labute approximate surface area is 134 Å². The number of sulfonamides is 1. The van der Waals surface area contributed by atoms with E-state index in [0.29, 0.717) is 30.2 Å². The van der Waals surface area contributed by atoms with Gasteiger partial charge in [-0.25, -0.2) is 8.42 Å². The lowest BCUT2D eigenvalue weighted by molar-refractivity contribution is 0.0749. The summed E-state index contributed by atoms with van der Waals surface area (Å²) in [7, 11) is -0.637. The van der Waals surface area contributed by atoms with Crippen molar-refractivity contribution in [3.05, 3.63) is 42.2 Å². The first kappa shape index (κ1) is 15.4. The highest BCUT2D eigenvalue weighted by Gasteiger charge is 2.27. The van der Waals surface area contributed by atoms with Gasteiger partial charge in [-0.1, -0.05) is 12.1 Å². The summed E-state index contributed by atoms with van der Waals surface area (Å²) in [5, 5.41) is 0. The zero-order chi connectivity index (χ0) is 16.6. The second-order valence-corrected chi connectivity index (χ2v) is 6.97. The molecule has 1 aliphatic rings. The van der Waals surface area contributed by atoms with Crippen LogP contribution in [0, 0.1) is 0 Å². The van der Waals surface area contributed by atoms with Gasteiger partial charge in [0.1, 0.15) is 16.3 Å². The number of anilines is 1. The van der Waals surface area contributed by atoms with Crippen LogP contribution in [0.3, 0.4) is 0 Å². The van der Waals surface area contributed by atoms with Gasteiger partial charge in [0.25, 0.3) is 15.9 Å². The van der Waals surface area contributed by atoms with Crippen LogP contribution in [0.5, 0.6) is 5.75 Å².